The van der Waals surface area contributed by atoms with Crippen LogP contribution in [0.2, 0.25) is 5.15 Å². The number of carboxylic acids is 1. The second-order valence-electron chi connectivity index (χ2n) is 7.84. The first-order valence-corrected chi connectivity index (χ1v) is 14.3. The van der Waals surface area contributed by atoms with Gasteiger partial charge in [0.2, 0.25) is 0 Å². The van der Waals surface area contributed by atoms with E-state index in [9.17, 15) is 27.6 Å². The lowest BCUT2D eigenvalue weighted by Crippen LogP contribution is -2.01. The monoisotopic (exact) mass is 700 g/mol. The van der Waals surface area contributed by atoms with E-state index in [0.29, 0.717) is 20.4 Å². The van der Waals surface area contributed by atoms with Crippen LogP contribution in [0.5, 0.6) is 0 Å². The minimum Gasteiger partial charge on any atom is -0.477 e. The third-order valence-electron chi connectivity index (χ3n) is 4.95. The van der Waals surface area contributed by atoms with Crippen LogP contribution in [-0.4, -0.2) is 57.9 Å². The summed E-state index contributed by atoms with van der Waals surface area (Å²) in [4.78, 5) is 44.0. The van der Waals surface area contributed by atoms with Crippen molar-refractivity contribution < 1.29 is 42.1 Å². The summed E-state index contributed by atoms with van der Waals surface area (Å²) in [6.45, 7) is 0. The Balaban J connectivity index is 0.000000219. The standard InChI is InChI=1S/C9H7FN2O2S.C8H5FN2O2S.C6H2ClFN2.C3H6O2S/c1-14-9(13)7-6(11)5-2-4(10)3-12-8(5)15-7;9-3-1-4-5(10)6(8(12)13)14-7(4)11-2-3;7-6-4(2-9)1-5(8)3-10-6;1-5-3(4)2-6/h2-3H,11H2,1H3;1-2H,10H2,(H,12,13);1,3H;6H,2H2,1H3. The highest BCUT2D eigenvalue weighted by atomic mass is 35.5. The molecule has 19 heteroatoms. The fourth-order valence-electron chi connectivity index (χ4n) is 2.92. The number of nitrogen functional groups attached to an aromatic ring is 2. The minimum atomic E-state index is -1.12. The molecular formula is C26H20ClF3N6O6S3. The molecule has 12 nitrogen and oxygen atoms in total. The van der Waals surface area contributed by atoms with Crippen LogP contribution in [0.15, 0.2) is 36.8 Å². The van der Waals surface area contributed by atoms with Crippen molar-refractivity contribution in [2.45, 2.75) is 0 Å². The normalized spacial score (nSPS) is 9.82. The van der Waals surface area contributed by atoms with E-state index in [-0.39, 0.29) is 43.6 Å². The first kappa shape index (κ1) is 36.5. The first-order valence-electron chi connectivity index (χ1n) is 11.6. The van der Waals surface area contributed by atoms with Crippen LogP contribution in [0, 0.1) is 28.8 Å². The maximum Gasteiger partial charge on any atom is 0.350 e. The largest absolute Gasteiger partial charge is 0.477 e. The topological polar surface area (TPSA) is 204 Å². The Morgan fingerprint density at radius 1 is 0.911 bits per heavy atom. The number of carboxylic acid groups (broad SMARTS) is 1. The van der Waals surface area contributed by atoms with Gasteiger partial charge >= 0.3 is 17.9 Å². The molecule has 0 aliphatic heterocycles. The molecule has 0 aliphatic carbocycles. The van der Waals surface area contributed by atoms with Gasteiger partial charge in [0, 0.05) is 10.8 Å². The molecule has 0 aromatic carbocycles. The number of methoxy groups -OCH3 is 2. The highest BCUT2D eigenvalue weighted by molar-refractivity contribution is 7.81. The molecule has 0 amide bonds. The molecule has 0 fully saturated rings. The molecule has 0 spiro atoms. The Morgan fingerprint density at radius 2 is 1.38 bits per heavy atom. The number of hydrogen-bond donors (Lipinski definition) is 4. The van der Waals surface area contributed by atoms with E-state index in [4.69, 9.17) is 33.4 Å². The van der Waals surface area contributed by atoms with E-state index in [0.717, 1.165) is 47.3 Å². The SMILES string of the molecule is COC(=O)CS.COC(=O)c1sc2ncc(F)cc2c1N.N#Cc1cc(F)cnc1Cl.Nc1c(C(=O)O)sc2ncc(F)cc12. The Morgan fingerprint density at radius 3 is 1.78 bits per heavy atom. The highest BCUT2D eigenvalue weighted by Gasteiger charge is 2.18. The Bertz CT molecular complexity index is 1890. The van der Waals surface area contributed by atoms with Crippen molar-refractivity contribution in [2.75, 3.05) is 31.4 Å². The van der Waals surface area contributed by atoms with Gasteiger partial charge in [0.1, 0.15) is 48.1 Å². The van der Waals surface area contributed by atoms with Crippen molar-refractivity contribution in [1.82, 2.24) is 15.0 Å². The summed E-state index contributed by atoms with van der Waals surface area (Å²) in [5.74, 6) is -3.35. The second-order valence-corrected chi connectivity index (χ2v) is 10.5. The number of thiol groups is 1. The molecule has 0 saturated carbocycles. The molecule has 5 aromatic heterocycles. The average molecular weight is 701 g/mol. The maximum atomic E-state index is 12.9. The first-order chi connectivity index (χ1) is 21.3. The number of nitriles is 1. The molecule has 0 atom stereocenters. The lowest BCUT2D eigenvalue weighted by Gasteiger charge is -1.95. The zero-order valence-corrected chi connectivity index (χ0v) is 26.2. The van der Waals surface area contributed by atoms with Crippen molar-refractivity contribution in [3.63, 3.8) is 0 Å². The quantitative estimate of drug-likeness (QED) is 0.107. The van der Waals surface area contributed by atoms with Crippen molar-refractivity contribution in [3.05, 3.63) is 74.7 Å². The number of carbonyl (C=O) groups is 3. The Hall–Kier alpha value is -4.70. The summed E-state index contributed by atoms with van der Waals surface area (Å²) in [7, 11) is 2.60. The number of aromatic nitrogens is 3. The zero-order valence-electron chi connectivity index (χ0n) is 22.9. The number of aromatic carboxylic acids is 1. The second kappa shape index (κ2) is 17.0. The van der Waals surface area contributed by atoms with E-state index in [1.54, 1.807) is 6.07 Å². The van der Waals surface area contributed by atoms with Gasteiger partial charge in [0.05, 0.1) is 55.5 Å². The molecular weight excluding hydrogens is 681 g/mol. The number of rotatable bonds is 3. The van der Waals surface area contributed by atoms with E-state index < -0.39 is 29.4 Å². The number of pyridine rings is 3. The molecule has 5 aromatic rings. The average Bonchev–Trinajstić information content (AvgIpc) is 3.54. The Labute approximate surface area is 270 Å². The van der Waals surface area contributed by atoms with Gasteiger partial charge in [-0.05, 0) is 18.2 Å². The number of carbonyl (C=O) groups excluding carboxylic acids is 2. The number of fused-ring (bicyclic) bond motifs is 2. The predicted octanol–water partition coefficient (Wildman–Crippen LogP) is 5.35. The molecule has 45 heavy (non-hydrogen) atoms. The molecule has 0 bridgehead atoms. The van der Waals surface area contributed by atoms with Crippen molar-refractivity contribution in [2.24, 2.45) is 0 Å². The molecule has 0 unspecified atom stereocenters. The molecule has 0 aliphatic rings. The fraction of sp³-hybridized carbons (Fsp3) is 0.115. The molecule has 5 N–H and O–H groups in total. The van der Waals surface area contributed by atoms with Crippen LogP contribution in [0.3, 0.4) is 0 Å². The van der Waals surface area contributed by atoms with Crippen LogP contribution in [0.25, 0.3) is 20.4 Å². The van der Waals surface area contributed by atoms with Gasteiger partial charge in [-0.25, -0.2) is 37.7 Å². The van der Waals surface area contributed by atoms with Gasteiger partial charge in [0.15, 0.2) is 0 Å². The van der Waals surface area contributed by atoms with E-state index >= 15 is 0 Å². The Kier molecular flexibility index (Phi) is 13.8. The van der Waals surface area contributed by atoms with Crippen molar-refractivity contribution in [1.29, 1.82) is 5.26 Å². The third kappa shape index (κ3) is 9.90. The molecule has 5 heterocycles. The summed E-state index contributed by atoms with van der Waals surface area (Å²) in [5.41, 5.74) is 11.6. The number of esters is 2. The van der Waals surface area contributed by atoms with Crippen LogP contribution >= 0.6 is 46.9 Å². The third-order valence-corrected chi connectivity index (χ3v) is 7.74. The predicted molar refractivity (Wildman–Crippen MR) is 166 cm³/mol. The van der Waals surface area contributed by atoms with E-state index in [1.807, 2.05) is 0 Å². The summed E-state index contributed by atoms with van der Waals surface area (Å²) < 4.78 is 46.6. The minimum absolute atomic E-state index is 0.00176. The number of hydrogen-bond acceptors (Lipinski definition) is 14. The lowest BCUT2D eigenvalue weighted by molar-refractivity contribution is -0.137. The summed E-state index contributed by atoms with van der Waals surface area (Å²) in [5, 5.41) is 17.9. The fourth-order valence-corrected chi connectivity index (χ4v) is 5.04. The van der Waals surface area contributed by atoms with Gasteiger partial charge in [0.25, 0.3) is 0 Å². The van der Waals surface area contributed by atoms with Gasteiger partial charge in [-0.15, -0.1) is 22.7 Å². The summed E-state index contributed by atoms with van der Waals surface area (Å²) in [6, 6.07) is 5.17. The summed E-state index contributed by atoms with van der Waals surface area (Å²) in [6.07, 6.45) is 3.08. The van der Waals surface area contributed by atoms with Gasteiger partial charge < -0.3 is 26.0 Å². The van der Waals surface area contributed by atoms with E-state index in [2.05, 4.69) is 37.1 Å². The smallest absolute Gasteiger partial charge is 0.350 e. The maximum absolute atomic E-state index is 12.9. The van der Waals surface area contributed by atoms with Crippen LogP contribution in [0.4, 0.5) is 24.5 Å². The van der Waals surface area contributed by atoms with Crippen LogP contribution in [-0.2, 0) is 14.3 Å². The van der Waals surface area contributed by atoms with Crippen molar-refractivity contribution >= 4 is 96.6 Å². The summed E-state index contributed by atoms with van der Waals surface area (Å²) >= 11 is 11.0. The lowest BCUT2D eigenvalue weighted by atomic mass is 10.2. The number of nitrogens with zero attached hydrogens (tertiary/aromatic N) is 4. The van der Waals surface area contributed by atoms with Crippen LogP contribution in [0.1, 0.15) is 24.9 Å². The van der Waals surface area contributed by atoms with E-state index in [1.165, 1.54) is 26.4 Å². The molecule has 0 radical (unpaired) electrons. The zero-order chi connectivity index (χ0) is 33.8. The highest BCUT2D eigenvalue weighted by Crippen LogP contribution is 2.33. The van der Waals surface area contributed by atoms with Crippen molar-refractivity contribution in [3.8, 4) is 6.07 Å². The number of nitrogens with two attached hydrogens (primary N) is 2. The number of halogens is 4. The molecule has 236 valence electrons. The number of thiophene rings is 2. The number of anilines is 2. The molecule has 0 saturated heterocycles. The van der Waals surface area contributed by atoms with Gasteiger partial charge in [-0.3, -0.25) is 4.79 Å². The van der Waals surface area contributed by atoms with Crippen LogP contribution < -0.4 is 11.5 Å². The van der Waals surface area contributed by atoms with Gasteiger partial charge in [-0.2, -0.15) is 17.9 Å². The van der Waals surface area contributed by atoms with Gasteiger partial charge in [-0.1, -0.05) is 11.6 Å². The number of ether oxygens (including phenoxy) is 2. The molecule has 5 rings (SSSR count).